The second-order valence-electron chi connectivity index (χ2n) is 4.66. The summed E-state index contributed by atoms with van der Waals surface area (Å²) >= 11 is 0. The van der Waals surface area contributed by atoms with Gasteiger partial charge in [0, 0.05) is 12.6 Å². The molecule has 0 aromatic heterocycles. The first-order valence-electron chi connectivity index (χ1n) is 5.79. The number of nitrogens with zero attached hydrogens (tertiary/aromatic N) is 1. The van der Waals surface area contributed by atoms with E-state index >= 15 is 0 Å². The summed E-state index contributed by atoms with van der Waals surface area (Å²) in [7, 11) is 0.767. The molecular weight excluding hydrogens is 226 g/mol. The third kappa shape index (κ3) is 4.01. The van der Waals surface area contributed by atoms with Crippen LogP contribution < -0.4 is 10.0 Å². The van der Waals surface area contributed by atoms with Gasteiger partial charge in [-0.1, -0.05) is 0 Å². The lowest BCUT2D eigenvalue weighted by molar-refractivity contribution is 0.313. The van der Waals surface area contributed by atoms with E-state index in [2.05, 4.69) is 10.0 Å². The molecule has 1 aliphatic rings. The molecule has 0 amide bonds. The van der Waals surface area contributed by atoms with E-state index in [9.17, 15) is 8.42 Å². The molecule has 1 fully saturated rings. The number of nitrogens with one attached hydrogen (secondary N) is 2. The van der Waals surface area contributed by atoms with Crippen molar-refractivity contribution >= 4 is 10.0 Å². The van der Waals surface area contributed by atoms with Crippen LogP contribution in [0.25, 0.3) is 0 Å². The number of sulfonamides is 1. The molecule has 5 nitrogen and oxygen atoms in total. The lowest BCUT2D eigenvalue weighted by Gasteiger charge is -2.25. The molecule has 6 heteroatoms. The van der Waals surface area contributed by atoms with Gasteiger partial charge in [-0.2, -0.15) is 0 Å². The minimum Gasteiger partial charge on any atom is -0.317 e. The van der Waals surface area contributed by atoms with Crippen LogP contribution in [0.2, 0.25) is 0 Å². The molecule has 1 rings (SSSR count). The monoisotopic (exact) mass is 249 g/mol. The van der Waals surface area contributed by atoms with Gasteiger partial charge in [0.05, 0.1) is 5.25 Å². The highest BCUT2D eigenvalue weighted by Gasteiger charge is 2.27. The summed E-state index contributed by atoms with van der Waals surface area (Å²) in [5, 5.41) is 2.95. The first-order valence-corrected chi connectivity index (χ1v) is 7.33. The Balaban J connectivity index is 2.44. The Morgan fingerprint density at radius 3 is 2.44 bits per heavy atom. The summed E-state index contributed by atoms with van der Waals surface area (Å²) in [5.41, 5.74) is 0. The van der Waals surface area contributed by atoms with Gasteiger partial charge in [-0.05, 0) is 47.0 Å². The van der Waals surface area contributed by atoms with Crippen LogP contribution in [0.5, 0.6) is 0 Å². The summed E-state index contributed by atoms with van der Waals surface area (Å²) in [6.45, 7) is 4.09. The van der Waals surface area contributed by atoms with E-state index < -0.39 is 10.0 Å². The summed E-state index contributed by atoms with van der Waals surface area (Å²) < 4.78 is 26.6. The van der Waals surface area contributed by atoms with Crippen molar-refractivity contribution in [3.05, 3.63) is 0 Å². The Kier molecular flexibility index (Phi) is 5.17. The Morgan fingerprint density at radius 1 is 1.38 bits per heavy atom. The van der Waals surface area contributed by atoms with Crippen molar-refractivity contribution in [1.82, 2.24) is 14.9 Å². The minimum absolute atomic E-state index is 0.219. The lowest BCUT2D eigenvalue weighted by Crippen LogP contribution is -2.45. The molecule has 0 saturated carbocycles. The highest BCUT2D eigenvalue weighted by atomic mass is 32.2. The highest BCUT2D eigenvalue weighted by molar-refractivity contribution is 7.90. The zero-order valence-corrected chi connectivity index (χ0v) is 11.2. The van der Waals surface area contributed by atoms with Gasteiger partial charge in [0.15, 0.2) is 0 Å². The molecule has 1 aliphatic heterocycles. The molecule has 1 heterocycles. The van der Waals surface area contributed by atoms with E-state index in [4.69, 9.17) is 0 Å². The fraction of sp³-hybridized carbons (Fsp3) is 1.00. The maximum absolute atomic E-state index is 12.0. The van der Waals surface area contributed by atoms with Crippen molar-refractivity contribution in [2.75, 3.05) is 33.7 Å². The van der Waals surface area contributed by atoms with Gasteiger partial charge in [0.2, 0.25) is 10.0 Å². The van der Waals surface area contributed by atoms with E-state index in [0.717, 1.165) is 13.1 Å². The van der Waals surface area contributed by atoms with Crippen molar-refractivity contribution in [3.8, 4) is 0 Å². The number of rotatable bonds is 5. The zero-order chi connectivity index (χ0) is 12.2. The van der Waals surface area contributed by atoms with Gasteiger partial charge in [0.1, 0.15) is 0 Å². The average Bonchev–Trinajstić information content (AvgIpc) is 2.27. The average molecular weight is 249 g/mol. The molecular formula is C10H23N3O2S. The van der Waals surface area contributed by atoms with Crippen LogP contribution in [0, 0.1) is 0 Å². The second kappa shape index (κ2) is 5.95. The predicted molar refractivity (Wildman–Crippen MR) is 66.0 cm³/mol. The number of hydrogen-bond donors (Lipinski definition) is 2. The minimum atomic E-state index is -3.13. The number of piperidine rings is 1. The van der Waals surface area contributed by atoms with Crippen LogP contribution in [-0.2, 0) is 10.0 Å². The van der Waals surface area contributed by atoms with Crippen LogP contribution in [0.1, 0.15) is 19.8 Å². The van der Waals surface area contributed by atoms with Crippen molar-refractivity contribution in [2.24, 2.45) is 0 Å². The summed E-state index contributed by atoms with van der Waals surface area (Å²) in [6.07, 6.45) is 1.43. The molecule has 0 radical (unpaired) electrons. The number of hydrogen-bond acceptors (Lipinski definition) is 4. The van der Waals surface area contributed by atoms with E-state index in [1.807, 2.05) is 25.9 Å². The predicted octanol–water partition coefficient (Wildman–Crippen LogP) is -0.392. The quantitative estimate of drug-likeness (QED) is 0.696. The Labute approximate surface area is 98.6 Å². The first kappa shape index (κ1) is 13.9. The van der Waals surface area contributed by atoms with Crippen molar-refractivity contribution in [2.45, 2.75) is 31.1 Å². The van der Waals surface area contributed by atoms with Gasteiger partial charge in [-0.15, -0.1) is 0 Å². The SMILES string of the molecule is CC(CNS(=O)(=O)C1CCNCC1)N(C)C. The van der Waals surface area contributed by atoms with E-state index in [0.29, 0.717) is 19.4 Å². The lowest BCUT2D eigenvalue weighted by atomic mass is 10.2. The zero-order valence-electron chi connectivity index (χ0n) is 10.4. The molecule has 0 bridgehead atoms. The summed E-state index contributed by atoms with van der Waals surface area (Å²) in [4.78, 5) is 2.00. The maximum Gasteiger partial charge on any atom is 0.214 e. The largest absolute Gasteiger partial charge is 0.317 e. The summed E-state index contributed by atoms with van der Waals surface area (Å²) in [5.74, 6) is 0. The fourth-order valence-corrected chi connectivity index (χ4v) is 3.21. The Morgan fingerprint density at radius 2 is 1.94 bits per heavy atom. The molecule has 16 heavy (non-hydrogen) atoms. The van der Waals surface area contributed by atoms with E-state index in [-0.39, 0.29) is 11.3 Å². The van der Waals surface area contributed by atoms with E-state index in [1.165, 1.54) is 0 Å². The second-order valence-corrected chi connectivity index (χ2v) is 6.70. The Hall–Kier alpha value is -0.170. The number of likely N-dealkylation sites (N-methyl/N-ethyl adjacent to an activating group) is 1. The van der Waals surface area contributed by atoms with Crippen LogP contribution in [-0.4, -0.2) is 58.3 Å². The molecule has 1 atom stereocenters. The van der Waals surface area contributed by atoms with Crippen molar-refractivity contribution < 1.29 is 8.42 Å². The molecule has 1 unspecified atom stereocenters. The van der Waals surface area contributed by atoms with Crippen LogP contribution in [0.15, 0.2) is 0 Å². The normalized spacial score (nSPS) is 21.2. The molecule has 0 aliphatic carbocycles. The maximum atomic E-state index is 12.0. The highest BCUT2D eigenvalue weighted by Crippen LogP contribution is 2.11. The van der Waals surface area contributed by atoms with Gasteiger partial charge < -0.3 is 10.2 Å². The molecule has 2 N–H and O–H groups in total. The van der Waals surface area contributed by atoms with Crippen molar-refractivity contribution in [1.29, 1.82) is 0 Å². The topological polar surface area (TPSA) is 61.4 Å². The van der Waals surface area contributed by atoms with Gasteiger partial charge >= 0.3 is 0 Å². The molecule has 0 spiro atoms. The van der Waals surface area contributed by atoms with Gasteiger partial charge in [-0.3, -0.25) is 0 Å². The van der Waals surface area contributed by atoms with Gasteiger partial charge in [0.25, 0.3) is 0 Å². The van der Waals surface area contributed by atoms with Crippen LogP contribution in [0.4, 0.5) is 0 Å². The smallest absolute Gasteiger partial charge is 0.214 e. The Bertz CT molecular complexity index is 297. The third-order valence-corrected chi connectivity index (χ3v) is 5.10. The van der Waals surface area contributed by atoms with Crippen molar-refractivity contribution in [3.63, 3.8) is 0 Å². The fourth-order valence-electron chi connectivity index (χ4n) is 1.64. The van der Waals surface area contributed by atoms with Gasteiger partial charge in [-0.25, -0.2) is 13.1 Å². The van der Waals surface area contributed by atoms with Crippen LogP contribution >= 0.6 is 0 Å². The molecule has 96 valence electrons. The molecule has 0 aromatic carbocycles. The van der Waals surface area contributed by atoms with E-state index in [1.54, 1.807) is 0 Å². The molecule has 1 saturated heterocycles. The standard InChI is InChI=1S/C10H23N3O2S/c1-9(13(2)3)8-12-16(14,15)10-4-6-11-7-5-10/h9-12H,4-8H2,1-3H3. The first-order chi connectivity index (χ1) is 7.43. The third-order valence-electron chi connectivity index (χ3n) is 3.19. The summed E-state index contributed by atoms with van der Waals surface area (Å²) in [6, 6.07) is 0.219. The molecule has 0 aromatic rings. The van der Waals surface area contributed by atoms with Crippen LogP contribution in [0.3, 0.4) is 0 Å².